The first-order valence-electron chi connectivity index (χ1n) is 5.66. The van der Waals surface area contributed by atoms with E-state index in [1.54, 1.807) is 0 Å². The van der Waals surface area contributed by atoms with Crippen molar-refractivity contribution in [2.24, 2.45) is 11.3 Å². The van der Waals surface area contributed by atoms with Crippen LogP contribution in [0.25, 0.3) is 0 Å². The van der Waals surface area contributed by atoms with E-state index in [0.717, 1.165) is 13.1 Å². The zero-order valence-corrected chi connectivity index (χ0v) is 10.7. The number of amides is 1. The molecule has 1 atom stereocenters. The smallest absolute Gasteiger partial charge is 0.224 e. The Hall–Kier alpha value is -1.08. The lowest BCUT2D eigenvalue weighted by molar-refractivity contribution is -0.129. The molecule has 1 rings (SSSR count). The van der Waals surface area contributed by atoms with Crippen LogP contribution in [0.5, 0.6) is 0 Å². The summed E-state index contributed by atoms with van der Waals surface area (Å²) in [5.74, 6) is 0.0148. The van der Waals surface area contributed by atoms with Gasteiger partial charge >= 0.3 is 0 Å². The SMILES string of the molecule is CN(C)CC(C)(C)CN1CC(C#N)CC1=O. The summed E-state index contributed by atoms with van der Waals surface area (Å²) in [6.45, 7) is 6.59. The van der Waals surface area contributed by atoms with E-state index in [9.17, 15) is 4.79 Å². The number of carbonyl (C=O) groups excluding carboxylic acids is 1. The molecule has 0 aromatic rings. The molecule has 0 radical (unpaired) electrons. The van der Waals surface area contributed by atoms with Gasteiger partial charge in [-0.1, -0.05) is 13.8 Å². The standard InChI is InChI=1S/C12H21N3O/c1-12(2,8-14(3)4)9-15-7-10(6-13)5-11(15)16/h10H,5,7-9H2,1-4H3. The molecule has 90 valence electrons. The fraction of sp³-hybridized carbons (Fsp3) is 0.833. The van der Waals surface area contributed by atoms with Crippen LogP contribution in [0.15, 0.2) is 0 Å². The van der Waals surface area contributed by atoms with Crippen LogP contribution in [0.1, 0.15) is 20.3 Å². The summed E-state index contributed by atoms with van der Waals surface area (Å²) in [5.41, 5.74) is 0.0729. The summed E-state index contributed by atoms with van der Waals surface area (Å²) in [4.78, 5) is 15.6. The molecule has 0 spiro atoms. The Balaban J connectivity index is 2.55. The zero-order chi connectivity index (χ0) is 12.3. The van der Waals surface area contributed by atoms with Gasteiger partial charge in [-0.25, -0.2) is 0 Å². The van der Waals surface area contributed by atoms with E-state index in [1.807, 2.05) is 19.0 Å². The number of nitrogens with zero attached hydrogens (tertiary/aromatic N) is 3. The Morgan fingerprint density at radius 3 is 2.62 bits per heavy atom. The van der Waals surface area contributed by atoms with E-state index in [1.165, 1.54) is 0 Å². The number of rotatable bonds is 4. The molecule has 1 unspecified atom stereocenters. The van der Waals surface area contributed by atoms with Crippen molar-refractivity contribution in [2.75, 3.05) is 33.7 Å². The average molecular weight is 223 g/mol. The largest absolute Gasteiger partial charge is 0.341 e. The lowest BCUT2D eigenvalue weighted by Crippen LogP contribution is -2.40. The van der Waals surface area contributed by atoms with E-state index in [0.29, 0.717) is 13.0 Å². The number of nitriles is 1. The molecule has 4 nitrogen and oxygen atoms in total. The average Bonchev–Trinajstić information content (AvgIpc) is 2.44. The zero-order valence-electron chi connectivity index (χ0n) is 10.7. The highest BCUT2D eigenvalue weighted by atomic mass is 16.2. The van der Waals surface area contributed by atoms with Crippen LogP contribution >= 0.6 is 0 Å². The molecular weight excluding hydrogens is 202 g/mol. The normalized spacial score (nSPS) is 21.6. The predicted octanol–water partition coefficient (Wildman–Crippen LogP) is 0.946. The third kappa shape index (κ3) is 3.49. The molecule has 4 heteroatoms. The van der Waals surface area contributed by atoms with Gasteiger partial charge in [-0.05, 0) is 19.5 Å². The van der Waals surface area contributed by atoms with Crippen LogP contribution in [0.4, 0.5) is 0 Å². The van der Waals surface area contributed by atoms with Crippen LogP contribution in [-0.4, -0.2) is 49.4 Å². The van der Waals surface area contributed by atoms with Gasteiger partial charge in [0.2, 0.25) is 5.91 Å². The van der Waals surface area contributed by atoms with E-state index in [4.69, 9.17) is 5.26 Å². The van der Waals surface area contributed by atoms with Crippen molar-refractivity contribution in [3.63, 3.8) is 0 Å². The lowest BCUT2D eigenvalue weighted by Gasteiger charge is -2.32. The molecule has 1 heterocycles. The maximum Gasteiger partial charge on any atom is 0.224 e. The van der Waals surface area contributed by atoms with Gasteiger partial charge in [0.05, 0.1) is 12.0 Å². The van der Waals surface area contributed by atoms with E-state index in [2.05, 4.69) is 24.8 Å². The molecule has 1 saturated heterocycles. The molecule has 0 aromatic carbocycles. The minimum atomic E-state index is -0.109. The number of hydrogen-bond donors (Lipinski definition) is 0. The highest BCUT2D eigenvalue weighted by molar-refractivity contribution is 5.79. The van der Waals surface area contributed by atoms with Crippen molar-refractivity contribution in [3.8, 4) is 6.07 Å². The van der Waals surface area contributed by atoms with Crippen LogP contribution < -0.4 is 0 Å². The molecule has 0 bridgehead atoms. The van der Waals surface area contributed by atoms with Crippen LogP contribution in [0.3, 0.4) is 0 Å². The second-order valence-corrected chi connectivity index (χ2v) is 5.71. The van der Waals surface area contributed by atoms with Crippen molar-refractivity contribution in [3.05, 3.63) is 0 Å². The van der Waals surface area contributed by atoms with Gasteiger partial charge in [0.1, 0.15) is 0 Å². The van der Waals surface area contributed by atoms with Gasteiger partial charge in [0.15, 0.2) is 0 Å². The Morgan fingerprint density at radius 1 is 1.56 bits per heavy atom. The summed E-state index contributed by atoms with van der Waals surface area (Å²) in [5, 5.41) is 8.81. The van der Waals surface area contributed by atoms with Gasteiger partial charge < -0.3 is 9.80 Å². The van der Waals surface area contributed by atoms with Crippen molar-refractivity contribution in [2.45, 2.75) is 20.3 Å². The molecule has 0 aromatic heterocycles. The molecule has 1 amide bonds. The Kier molecular flexibility index (Phi) is 3.93. The minimum absolute atomic E-state index is 0.0729. The van der Waals surface area contributed by atoms with Crippen LogP contribution in [-0.2, 0) is 4.79 Å². The fourth-order valence-electron chi connectivity index (χ4n) is 2.43. The van der Waals surface area contributed by atoms with Gasteiger partial charge in [-0.3, -0.25) is 4.79 Å². The van der Waals surface area contributed by atoms with Gasteiger partial charge in [-0.2, -0.15) is 5.26 Å². The van der Waals surface area contributed by atoms with Crippen molar-refractivity contribution < 1.29 is 4.79 Å². The highest BCUT2D eigenvalue weighted by Gasteiger charge is 2.33. The molecular formula is C12H21N3O. The summed E-state index contributed by atoms with van der Waals surface area (Å²) < 4.78 is 0. The molecule has 0 saturated carbocycles. The Morgan fingerprint density at radius 2 is 2.19 bits per heavy atom. The molecule has 1 aliphatic rings. The maximum atomic E-state index is 11.7. The number of carbonyl (C=O) groups is 1. The summed E-state index contributed by atoms with van der Waals surface area (Å²) in [6, 6.07) is 2.18. The van der Waals surface area contributed by atoms with Crippen LogP contribution in [0.2, 0.25) is 0 Å². The van der Waals surface area contributed by atoms with Gasteiger partial charge in [0.25, 0.3) is 0 Å². The number of hydrogen-bond acceptors (Lipinski definition) is 3. The summed E-state index contributed by atoms with van der Waals surface area (Å²) in [7, 11) is 4.07. The molecule has 0 N–H and O–H groups in total. The topological polar surface area (TPSA) is 47.3 Å². The highest BCUT2D eigenvalue weighted by Crippen LogP contribution is 2.24. The third-order valence-electron chi connectivity index (χ3n) is 2.76. The van der Waals surface area contributed by atoms with E-state index >= 15 is 0 Å². The molecule has 1 fully saturated rings. The number of likely N-dealkylation sites (tertiary alicyclic amines) is 1. The van der Waals surface area contributed by atoms with E-state index in [-0.39, 0.29) is 17.2 Å². The maximum absolute atomic E-state index is 11.7. The van der Waals surface area contributed by atoms with Gasteiger partial charge in [-0.15, -0.1) is 0 Å². The quantitative estimate of drug-likeness (QED) is 0.713. The molecule has 16 heavy (non-hydrogen) atoms. The lowest BCUT2D eigenvalue weighted by atomic mass is 9.92. The first kappa shape index (κ1) is 13.0. The second-order valence-electron chi connectivity index (χ2n) is 5.71. The fourth-order valence-corrected chi connectivity index (χ4v) is 2.43. The third-order valence-corrected chi connectivity index (χ3v) is 2.76. The molecule has 1 aliphatic heterocycles. The summed E-state index contributed by atoms with van der Waals surface area (Å²) in [6.07, 6.45) is 0.397. The van der Waals surface area contributed by atoms with Crippen molar-refractivity contribution >= 4 is 5.91 Å². The monoisotopic (exact) mass is 223 g/mol. The van der Waals surface area contributed by atoms with Gasteiger partial charge in [0, 0.05) is 26.1 Å². The Bertz CT molecular complexity index is 304. The van der Waals surface area contributed by atoms with Crippen molar-refractivity contribution in [1.82, 2.24) is 9.80 Å². The first-order chi connectivity index (χ1) is 7.34. The Labute approximate surface area is 97.8 Å². The van der Waals surface area contributed by atoms with E-state index < -0.39 is 0 Å². The predicted molar refractivity (Wildman–Crippen MR) is 62.6 cm³/mol. The first-order valence-corrected chi connectivity index (χ1v) is 5.66. The second kappa shape index (κ2) is 4.84. The van der Waals surface area contributed by atoms with Crippen LogP contribution in [0, 0.1) is 22.7 Å². The minimum Gasteiger partial charge on any atom is -0.341 e. The molecule has 0 aliphatic carbocycles. The summed E-state index contributed by atoms with van der Waals surface area (Å²) >= 11 is 0. The van der Waals surface area contributed by atoms with Crippen molar-refractivity contribution in [1.29, 1.82) is 5.26 Å².